The molecule has 194 valence electrons. The van der Waals surface area contributed by atoms with Crippen LogP contribution in [-0.4, -0.2) is 53.8 Å². The standard InChI is InChI=1S/C25H30N4O5S.CH4/c1-17-21(29-25(35-17)27-12-14-33-2)10-13-34-20-8-6-18(7-9-23(30)31)19(15-20)16-28-24(32)22-5-3-4-11-26-22;/h3-6,8,11,15H,7,9-10,12-14,16H2,1-2H3,(H,27,29)(H,28,32)(H,30,31);1H4. The minimum Gasteiger partial charge on any atom is -0.493 e. The van der Waals surface area contributed by atoms with Crippen molar-refractivity contribution in [2.75, 3.05) is 32.2 Å². The Morgan fingerprint density at radius 3 is 2.67 bits per heavy atom. The van der Waals surface area contributed by atoms with Gasteiger partial charge in [0.2, 0.25) is 0 Å². The van der Waals surface area contributed by atoms with Gasteiger partial charge in [-0.15, -0.1) is 11.3 Å². The lowest BCUT2D eigenvalue weighted by molar-refractivity contribution is -0.136. The van der Waals surface area contributed by atoms with Gasteiger partial charge in [-0.1, -0.05) is 19.6 Å². The molecule has 3 N–H and O–H groups in total. The van der Waals surface area contributed by atoms with Crippen molar-refractivity contribution in [3.8, 4) is 5.75 Å². The molecule has 0 aliphatic carbocycles. The van der Waals surface area contributed by atoms with Crippen LogP contribution in [0.1, 0.15) is 46.0 Å². The number of benzene rings is 1. The van der Waals surface area contributed by atoms with Gasteiger partial charge < -0.3 is 25.2 Å². The second-order valence-corrected chi connectivity index (χ2v) is 8.97. The zero-order chi connectivity index (χ0) is 25.0. The van der Waals surface area contributed by atoms with Crippen LogP contribution >= 0.6 is 11.3 Å². The molecule has 0 unspecified atom stereocenters. The second-order valence-electron chi connectivity index (χ2n) is 7.76. The predicted molar refractivity (Wildman–Crippen MR) is 141 cm³/mol. The summed E-state index contributed by atoms with van der Waals surface area (Å²) in [6.45, 7) is 4.03. The van der Waals surface area contributed by atoms with E-state index in [1.807, 2.05) is 25.1 Å². The summed E-state index contributed by atoms with van der Waals surface area (Å²) < 4.78 is 11.0. The summed E-state index contributed by atoms with van der Waals surface area (Å²) >= 11 is 1.60. The van der Waals surface area contributed by atoms with E-state index in [4.69, 9.17) is 14.6 Å². The van der Waals surface area contributed by atoms with Crippen LogP contribution in [0.15, 0.2) is 42.6 Å². The van der Waals surface area contributed by atoms with E-state index in [-0.39, 0.29) is 26.3 Å². The number of thiazole rings is 1. The number of carbonyl (C=O) groups is 2. The average molecular weight is 515 g/mol. The van der Waals surface area contributed by atoms with Crippen molar-refractivity contribution in [3.63, 3.8) is 0 Å². The molecule has 0 saturated carbocycles. The van der Waals surface area contributed by atoms with Crippen LogP contribution in [0.25, 0.3) is 0 Å². The van der Waals surface area contributed by atoms with Gasteiger partial charge >= 0.3 is 5.97 Å². The van der Waals surface area contributed by atoms with Crippen molar-refractivity contribution in [1.82, 2.24) is 15.3 Å². The topological polar surface area (TPSA) is 123 Å². The van der Waals surface area contributed by atoms with Crippen LogP contribution in [0.2, 0.25) is 0 Å². The molecule has 0 spiro atoms. The average Bonchev–Trinajstić information content (AvgIpc) is 3.21. The Morgan fingerprint density at radius 2 is 1.94 bits per heavy atom. The number of nitrogens with one attached hydrogen (secondary N) is 2. The quantitative estimate of drug-likeness (QED) is 0.275. The number of nitrogens with zero attached hydrogens (tertiary/aromatic N) is 2. The molecule has 0 radical (unpaired) electrons. The third kappa shape index (κ3) is 8.94. The van der Waals surface area contributed by atoms with E-state index in [2.05, 4.69) is 20.6 Å². The van der Waals surface area contributed by atoms with Gasteiger partial charge in [0.05, 0.1) is 18.9 Å². The fourth-order valence-electron chi connectivity index (χ4n) is 3.37. The van der Waals surface area contributed by atoms with Gasteiger partial charge in [-0.25, -0.2) is 4.98 Å². The molecule has 0 bridgehead atoms. The van der Waals surface area contributed by atoms with Gasteiger partial charge in [-0.05, 0) is 48.7 Å². The van der Waals surface area contributed by atoms with Gasteiger partial charge in [0, 0.05) is 44.1 Å². The van der Waals surface area contributed by atoms with Gasteiger partial charge in [0.15, 0.2) is 5.13 Å². The Kier molecular flexibility index (Phi) is 11.8. The maximum atomic E-state index is 12.4. The molecule has 10 heteroatoms. The summed E-state index contributed by atoms with van der Waals surface area (Å²) in [5, 5.41) is 16.0. The number of anilines is 1. The Balaban J connectivity index is 0.00000456. The van der Waals surface area contributed by atoms with Crippen molar-refractivity contribution in [2.24, 2.45) is 0 Å². The number of carboxylic acid groups (broad SMARTS) is 1. The van der Waals surface area contributed by atoms with Crippen molar-refractivity contribution >= 4 is 28.3 Å². The number of amides is 1. The first-order valence-corrected chi connectivity index (χ1v) is 12.1. The molecule has 36 heavy (non-hydrogen) atoms. The van der Waals surface area contributed by atoms with Gasteiger partial charge in [-0.2, -0.15) is 0 Å². The Hall–Kier alpha value is -3.50. The highest BCUT2D eigenvalue weighted by Crippen LogP contribution is 2.23. The molecule has 2 aromatic heterocycles. The minimum atomic E-state index is -0.872. The fraction of sp³-hybridized carbons (Fsp3) is 0.385. The summed E-state index contributed by atoms with van der Waals surface area (Å²) in [7, 11) is 1.66. The number of carbonyl (C=O) groups excluding carboxylic acids is 1. The third-order valence-electron chi connectivity index (χ3n) is 5.21. The van der Waals surface area contributed by atoms with Crippen molar-refractivity contribution in [1.29, 1.82) is 0 Å². The maximum Gasteiger partial charge on any atom is 0.303 e. The van der Waals surface area contributed by atoms with E-state index < -0.39 is 5.97 Å². The molecule has 2 heterocycles. The zero-order valence-electron chi connectivity index (χ0n) is 19.9. The third-order valence-corrected chi connectivity index (χ3v) is 6.18. The molecule has 3 rings (SSSR count). The van der Waals surface area contributed by atoms with Crippen LogP contribution in [0.5, 0.6) is 5.75 Å². The molecular weight excluding hydrogens is 480 g/mol. The number of hydrogen-bond donors (Lipinski definition) is 3. The molecule has 0 fully saturated rings. The molecule has 0 saturated heterocycles. The number of aromatic nitrogens is 2. The lowest BCUT2D eigenvalue weighted by Gasteiger charge is -2.13. The molecular formula is C26H34N4O5S. The number of methoxy groups -OCH3 is 1. The first-order valence-electron chi connectivity index (χ1n) is 11.3. The number of ether oxygens (including phenoxy) is 2. The van der Waals surface area contributed by atoms with E-state index in [9.17, 15) is 9.59 Å². The molecule has 9 nitrogen and oxygen atoms in total. The van der Waals surface area contributed by atoms with Crippen molar-refractivity contribution in [3.05, 3.63) is 70.0 Å². The maximum absolute atomic E-state index is 12.4. The second kappa shape index (κ2) is 14.8. The molecule has 0 aliphatic rings. The number of hydrogen-bond acceptors (Lipinski definition) is 8. The smallest absolute Gasteiger partial charge is 0.303 e. The number of aliphatic carboxylic acids is 1. The predicted octanol–water partition coefficient (Wildman–Crippen LogP) is 4.11. The number of carboxylic acids is 1. The van der Waals surface area contributed by atoms with E-state index in [1.165, 1.54) is 0 Å². The lowest BCUT2D eigenvalue weighted by Crippen LogP contribution is -2.24. The highest BCUT2D eigenvalue weighted by atomic mass is 32.1. The van der Waals surface area contributed by atoms with Crippen LogP contribution in [0.4, 0.5) is 5.13 Å². The molecule has 0 atom stereocenters. The molecule has 0 aliphatic heterocycles. The summed E-state index contributed by atoms with van der Waals surface area (Å²) in [6.07, 6.45) is 2.58. The van der Waals surface area contributed by atoms with Crippen LogP contribution < -0.4 is 15.4 Å². The van der Waals surface area contributed by atoms with E-state index in [0.717, 1.165) is 26.8 Å². The SMILES string of the molecule is C.COCCNc1nc(CCOc2ccc(CCC(=O)O)c(CNC(=O)c3ccccn3)c2)c(C)s1. The van der Waals surface area contributed by atoms with Gasteiger partial charge in [0.25, 0.3) is 5.91 Å². The summed E-state index contributed by atoms with van der Waals surface area (Å²) in [5.74, 6) is -0.518. The van der Waals surface area contributed by atoms with Crippen molar-refractivity contribution in [2.45, 2.75) is 40.2 Å². The molecule has 1 amide bonds. The highest BCUT2D eigenvalue weighted by molar-refractivity contribution is 7.15. The number of pyridine rings is 1. The molecule has 3 aromatic rings. The van der Waals surface area contributed by atoms with E-state index in [0.29, 0.717) is 44.0 Å². The highest BCUT2D eigenvalue weighted by Gasteiger charge is 2.12. The van der Waals surface area contributed by atoms with Crippen LogP contribution in [-0.2, 0) is 28.9 Å². The monoisotopic (exact) mass is 514 g/mol. The Bertz CT molecular complexity index is 1120. The minimum absolute atomic E-state index is 0. The summed E-state index contributed by atoms with van der Waals surface area (Å²) in [6, 6.07) is 10.7. The van der Waals surface area contributed by atoms with Crippen LogP contribution in [0, 0.1) is 6.92 Å². The van der Waals surface area contributed by atoms with E-state index in [1.54, 1.807) is 42.8 Å². The fourth-order valence-corrected chi connectivity index (χ4v) is 4.25. The largest absolute Gasteiger partial charge is 0.493 e. The zero-order valence-corrected chi connectivity index (χ0v) is 20.7. The van der Waals surface area contributed by atoms with Gasteiger partial charge in [-0.3, -0.25) is 14.6 Å². The number of rotatable bonds is 14. The Morgan fingerprint density at radius 1 is 1.11 bits per heavy atom. The summed E-state index contributed by atoms with van der Waals surface area (Å²) in [4.78, 5) is 33.3. The normalized spacial score (nSPS) is 10.4. The van der Waals surface area contributed by atoms with E-state index >= 15 is 0 Å². The van der Waals surface area contributed by atoms with Crippen LogP contribution in [0.3, 0.4) is 0 Å². The first kappa shape index (κ1) is 28.7. The molecule has 1 aromatic carbocycles. The summed E-state index contributed by atoms with van der Waals surface area (Å²) in [5.41, 5.74) is 2.96. The van der Waals surface area contributed by atoms with Crippen molar-refractivity contribution < 1.29 is 24.2 Å². The first-order chi connectivity index (χ1) is 17.0. The Labute approximate surface area is 215 Å². The lowest BCUT2D eigenvalue weighted by atomic mass is 10.0. The number of aryl methyl sites for hydroxylation is 2. The van der Waals surface area contributed by atoms with Gasteiger partial charge in [0.1, 0.15) is 11.4 Å².